The van der Waals surface area contributed by atoms with Crippen molar-refractivity contribution in [2.45, 2.75) is 20.0 Å². The lowest BCUT2D eigenvalue weighted by molar-refractivity contribution is 0.158. The van der Waals surface area contributed by atoms with Gasteiger partial charge in [0, 0.05) is 17.0 Å². The first-order valence-corrected chi connectivity index (χ1v) is 9.67. The van der Waals surface area contributed by atoms with Gasteiger partial charge >= 0.3 is 0 Å². The van der Waals surface area contributed by atoms with Crippen LogP contribution in [0.3, 0.4) is 0 Å². The molecule has 0 amide bonds. The monoisotopic (exact) mass is 414 g/mol. The Kier molecular flexibility index (Phi) is 5.28. The molecule has 0 aromatic heterocycles. The smallest absolute Gasteiger partial charge is 0.231 e. The molecule has 2 unspecified atom stereocenters. The van der Waals surface area contributed by atoms with Crippen LogP contribution in [0, 0.1) is 5.92 Å². The summed E-state index contributed by atoms with van der Waals surface area (Å²) in [6, 6.07) is 7.70. The number of benzene rings is 2. The zero-order chi connectivity index (χ0) is 21.4. The van der Waals surface area contributed by atoms with Gasteiger partial charge in [0.15, 0.2) is 23.0 Å². The van der Waals surface area contributed by atoms with Crippen molar-refractivity contribution in [3.63, 3.8) is 0 Å². The predicted molar refractivity (Wildman–Crippen MR) is 111 cm³/mol. The number of fused-ring (bicyclic) bond motifs is 1. The van der Waals surface area contributed by atoms with E-state index in [0.29, 0.717) is 34.5 Å². The van der Waals surface area contributed by atoms with Gasteiger partial charge < -0.3 is 33.2 Å². The van der Waals surface area contributed by atoms with E-state index < -0.39 is 0 Å². The Morgan fingerprint density at radius 2 is 1.50 bits per heavy atom. The zero-order valence-corrected chi connectivity index (χ0v) is 18.0. The summed E-state index contributed by atoms with van der Waals surface area (Å²) in [5.74, 6) is 4.57. The highest BCUT2D eigenvalue weighted by atomic mass is 16.7. The Balaban J connectivity index is 1.72. The average molecular weight is 414 g/mol. The van der Waals surface area contributed by atoms with E-state index in [9.17, 15) is 0 Å². The largest absolute Gasteiger partial charge is 0.493 e. The van der Waals surface area contributed by atoms with Crippen molar-refractivity contribution < 1.29 is 33.2 Å². The van der Waals surface area contributed by atoms with Crippen LogP contribution in [0.4, 0.5) is 0 Å². The maximum Gasteiger partial charge on any atom is 0.231 e. The molecule has 0 spiro atoms. The van der Waals surface area contributed by atoms with Crippen LogP contribution in [-0.4, -0.2) is 35.2 Å². The number of ether oxygens (including phenoxy) is 7. The quantitative estimate of drug-likeness (QED) is 0.685. The first-order chi connectivity index (χ1) is 14.5. The van der Waals surface area contributed by atoms with Crippen molar-refractivity contribution in [3.8, 4) is 34.5 Å². The van der Waals surface area contributed by atoms with Crippen molar-refractivity contribution in [1.29, 1.82) is 0 Å². The summed E-state index contributed by atoms with van der Waals surface area (Å²) in [4.78, 5) is 0. The van der Waals surface area contributed by atoms with Gasteiger partial charge in [-0.3, -0.25) is 0 Å². The Hall–Kier alpha value is -3.22. The fourth-order valence-corrected chi connectivity index (χ4v) is 3.93. The molecule has 160 valence electrons. The molecule has 2 aliphatic rings. The Morgan fingerprint density at radius 1 is 0.833 bits per heavy atom. The standard InChI is InChI=1S/C23H26O7/c1-12-13(2)21(15-9-18(26-5)23-19(10-15)28-11-29-23)30-20(12)14-7-16(24-3)22(27-6)17(8-14)25-4/h7-10,12,20H,11H2,1-6H3. The molecular weight excluding hydrogens is 388 g/mol. The van der Waals surface area contributed by atoms with Gasteiger partial charge in [0.05, 0.1) is 28.4 Å². The summed E-state index contributed by atoms with van der Waals surface area (Å²) < 4.78 is 39.5. The van der Waals surface area contributed by atoms with E-state index in [-0.39, 0.29) is 18.8 Å². The second-order valence-corrected chi connectivity index (χ2v) is 7.21. The lowest BCUT2D eigenvalue weighted by Gasteiger charge is -2.21. The van der Waals surface area contributed by atoms with Crippen LogP contribution in [-0.2, 0) is 4.74 Å². The molecule has 2 heterocycles. The van der Waals surface area contributed by atoms with E-state index in [0.717, 1.165) is 22.5 Å². The fraction of sp³-hybridized carbons (Fsp3) is 0.391. The van der Waals surface area contributed by atoms with Crippen LogP contribution >= 0.6 is 0 Å². The van der Waals surface area contributed by atoms with Gasteiger partial charge in [-0.1, -0.05) is 6.92 Å². The summed E-state index contributed by atoms with van der Waals surface area (Å²) in [6.07, 6.45) is -0.204. The van der Waals surface area contributed by atoms with Crippen molar-refractivity contribution in [1.82, 2.24) is 0 Å². The molecule has 0 aliphatic carbocycles. The van der Waals surface area contributed by atoms with Crippen LogP contribution < -0.4 is 28.4 Å². The maximum atomic E-state index is 6.47. The number of hydrogen-bond donors (Lipinski definition) is 0. The third kappa shape index (κ3) is 3.14. The van der Waals surface area contributed by atoms with Gasteiger partial charge in [-0.15, -0.1) is 0 Å². The van der Waals surface area contributed by atoms with Crippen LogP contribution in [0.2, 0.25) is 0 Å². The van der Waals surface area contributed by atoms with Crippen LogP contribution in [0.25, 0.3) is 5.76 Å². The highest BCUT2D eigenvalue weighted by molar-refractivity contribution is 5.71. The van der Waals surface area contributed by atoms with Gasteiger partial charge in [0.1, 0.15) is 11.9 Å². The Labute approximate surface area is 176 Å². The van der Waals surface area contributed by atoms with E-state index in [2.05, 4.69) is 13.8 Å². The van der Waals surface area contributed by atoms with Crippen LogP contribution in [0.15, 0.2) is 29.8 Å². The van der Waals surface area contributed by atoms with Gasteiger partial charge in [0.2, 0.25) is 18.3 Å². The second kappa shape index (κ2) is 7.89. The molecule has 7 nitrogen and oxygen atoms in total. The lowest BCUT2D eigenvalue weighted by Crippen LogP contribution is -2.08. The normalized spacial score (nSPS) is 19.5. The predicted octanol–water partition coefficient (Wildman–Crippen LogP) is 4.59. The number of rotatable bonds is 6. The van der Waals surface area contributed by atoms with E-state index in [4.69, 9.17) is 33.2 Å². The lowest BCUT2D eigenvalue weighted by atomic mass is 9.92. The summed E-state index contributed by atoms with van der Waals surface area (Å²) in [5.41, 5.74) is 2.96. The second-order valence-electron chi connectivity index (χ2n) is 7.21. The maximum absolute atomic E-state index is 6.47. The van der Waals surface area contributed by atoms with Gasteiger partial charge in [-0.25, -0.2) is 0 Å². The number of hydrogen-bond acceptors (Lipinski definition) is 7. The minimum atomic E-state index is -0.204. The molecule has 30 heavy (non-hydrogen) atoms. The summed E-state index contributed by atoms with van der Waals surface area (Å²) in [7, 11) is 6.41. The first kappa shape index (κ1) is 20.1. The van der Waals surface area contributed by atoms with Crippen molar-refractivity contribution in [3.05, 3.63) is 41.0 Å². The highest BCUT2D eigenvalue weighted by Crippen LogP contribution is 2.50. The van der Waals surface area contributed by atoms with Crippen molar-refractivity contribution in [2.24, 2.45) is 5.92 Å². The molecule has 0 N–H and O–H groups in total. The molecule has 2 aromatic rings. The van der Waals surface area contributed by atoms with E-state index in [1.807, 2.05) is 24.3 Å². The van der Waals surface area contributed by atoms with E-state index in [1.165, 1.54) is 0 Å². The molecule has 2 atom stereocenters. The third-order valence-electron chi connectivity index (χ3n) is 5.68. The molecule has 2 aromatic carbocycles. The summed E-state index contributed by atoms with van der Waals surface area (Å²) in [5, 5.41) is 0. The average Bonchev–Trinajstić information content (AvgIpc) is 3.36. The fourth-order valence-electron chi connectivity index (χ4n) is 3.93. The molecule has 7 heteroatoms. The molecule has 4 rings (SSSR count). The highest BCUT2D eigenvalue weighted by Gasteiger charge is 2.35. The minimum absolute atomic E-state index is 0.138. The summed E-state index contributed by atoms with van der Waals surface area (Å²) >= 11 is 0. The van der Waals surface area contributed by atoms with Gasteiger partial charge in [0.25, 0.3) is 0 Å². The molecule has 0 saturated carbocycles. The van der Waals surface area contributed by atoms with Crippen LogP contribution in [0.5, 0.6) is 34.5 Å². The number of methoxy groups -OCH3 is 4. The minimum Gasteiger partial charge on any atom is -0.493 e. The van der Waals surface area contributed by atoms with Crippen molar-refractivity contribution in [2.75, 3.05) is 35.2 Å². The topological polar surface area (TPSA) is 64.6 Å². The molecule has 0 saturated heterocycles. The summed E-state index contributed by atoms with van der Waals surface area (Å²) in [6.45, 7) is 4.40. The molecule has 0 bridgehead atoms. The Bertz CT molecular complexity index is 970. The molecule has 2 aliphatic heterocycles. The molecule has 0 fully saturated rings. The molecular formula is C23H26O7. The Morgan fingerprint density at radius 3 is 2.10 bits per heavy atom. The first-order valence-electron chi connectivity index (χ1n) is 9.67. The third-order valence-corrected chi connectivity index (χ3v) is 5.68. The van der Waals surface area contributed by atoms with Crippen LogP contribution in [0.1, 0.15) is 31.1 Å². The zero-order valence-electron chi connectivity index (χ0n) is 18.0. The van der Waals surface area contributed by atoms with Gasteiger partial charge in [-0.2, -0.15) is 0 Å². The molecule has 0 radical (unpaired) electrons. The van der Waals surface area contributed by atoms with E-state index in [1.54, 1.807) is 28.4 Å². The van der Waals surface area contributed by atoms with Gasteiger partial charge in [-0.05, 0) is 36.8 Å². The van der Waals surface area contributed by atoms with E-state index >= 15 is 0 Å². The van der Waals surface area contributed by atoms with Crippen molar-refractivity contribution >= 4 is 5.76 Å². The SMILES string of the molecule is COc1cc(C2OC(c3cc(OC)c4c(c3)OCO4)=C(C)C2C)cc(OC)c1OC.